The van der Waals surface area contributed by atoms with Crippen LogP contribution in [-0.2, 0) is 4.79 Å². The van der Waals surface area contributed by atoms with Crippen molar-refractivity contribution < 1.29 is 14.3 Å². The molecule has 0 spiro atoms. The number of carbonyl (C=O) groups excluding carboxylic acids is 2. The molecule has 0 aliphatic carbocycles. The van der Waals surface area contributed by atoms with Crippen molar-refractivity contribution in [3.8, 4) is 5.88 Å². The van der Waals surface area contributed by atoms with Gasteiger partial charge in [0.25, 0.3) is 5.91 Å². The number of rotatable bonds is 7. The van der Waals surface area contributed by atoms with Crippen LogP contribution in [0.1, 0.15) is 23.2 Å². The zero-order valence-electron chi connectivity index (χ0n) is 11.0. The van der Waals surface area contributed by atoms with Crippen molar-refractivity contribution in [3.63, 3.8) is 0 Å². The maximum Gasteiger partial charge on any atom is 0.254 e. The van der Waals surface area contributed by atoms with Crippen LogP contribution in [0.4, 0.5) is 5.69 Å². The molecule has 0 bridgehead atoms. The fourth-order valence-corrected chi connectivity index (χ4v) is 1.51. The van der Waals surface area contributed by atoms with E-state index in [1.807, 2.05) is 7.05 Å². The third-order valence-corrected chi connectivity index (χ3v) is 2.42. The number of nitrogens with zero attached hydrogens (tertiary/aromatic N) is 1. The monoisotopic (exact) mass is 266 g/mol. The highest BCUT2D eigenvalue weighted by atomic mass is 16.5. The summed E-state index contributed by atoms with van der Waals surface area (Å²) < 4.78 is 4.91. The van der Waals surface area contributed by atoms with Crippen molar-refractivity contribution >= 4 is 17.5 Å². The highest BCUT2D eigenvalue weighted by Crippen LogP contribution is 2.18. The maximum atomic E-state index is 11.6. The fourth-order valence-electron chi connectivity index (χ4n) is 1.51. The Labute approximate surface area is 111 Å². The maximum absolute atomic E-state index is 11.6. The molecule has 7 heteroatoms. The first kappa shape index (κ1) is 14.9. The predicted molar refractivity (Wildman–Crippen MR) is 71.1 cm³/mol. The van der Waals surface area contributed by atoms with Gasteiger partial charge in [0.05, 0.1) is 19.0 Å². The van der Waals surface area contributed by atoms with Crippen molar-refractivity contribution in [3.05, 3.63) is 17.8 Å². The number of pyridine rings is 1. The average Bonchev–Trinajstić information content (AvgIpc) is 2.39. The molecule has 0 fully saturated rings. The first-order valence-corrected chi connectivity index (χ1v) is 5.86. The lowest BCUT2D eigenvalue weighted by Gasteiger charge is -2.08. The standard InChI is InChI=1S/C12H18N4O3/c1-14-5-3-4-10(17)16-8-6-9(11(13)18)12(19-2)15-7-8/h6-7,14H,3-5H2,1-2H3,(H2,13,18)(H,16,17). The van der Waals surface area contributed by atoms with Gasteiger partial charge in [0.15, 0.2) is 0 Å². The minimum Gasteiger partial charge on any atom is -0.480 e. The molecule has 0 saturated heterocycles. The average molecular weight is 266 g/mol. The van der Waals surface area contributed by atoms with Crippen molar-refractivity contribution in [2.75, 3.05) is 26.0 Å². The summed E-state index contributed by atoms with van der Waals surface area (Å²) in [6, 6.07) is 1.45. The summed E-state index contributed by atoms with van der Waals surface area (Å²) in [4.78, 5) is 26.7. The summed E-state index contributed by atoms with van der Waals surface area (Å²) in [5.74, 6) is -0.658. The third kappa shape index (κ3) is 4.55. The Morgan fingerprint density at radius 3 is 2.79 bits per heavy atom. The second kappa shape index (κ2) is 7.32. The first-order chi connectivity index (χ1) is 9.08. The number of methoxy groups -OCH3 is 1. The van der Waals surface area contributed by atoms with E-state index in [4.69, 9.17) is 10.5 Å². The van der Waals surface area contributed by atoms with E-state index in [-0.39, 0.29) is 17.4 Å². The Balaban J connectivity index is 2.71. The predicted octanol–water partition coefficient (Wildman–Crippen LogP) is 0.127. The topological polar surface area (TPSA) is 106 Å². The molecule has 0 saturated carbocycles. The summed E-state index contributed by atoms with van der Waals surface area (Å²) in [6.45, 7) is 0.765. The minimum absolute atomic E-state index is 0.135. The van der Waals surface area contributed by atoms with Gasteiger partial charge in [-0.1, -0.05) is 0 Å². The van der Waals surface area contributed by atoms with Crippen LogP contribution in [0.25, 0.3) is 0 Å². The van der Waals surface area contributed by atoms with E-state index in [2.05, 4.69) is 15.6 Å². The number of hydrogen-bond donors (Lipinski definition) is 3. The van der Waals surface area contributed by atoms with Gasteiger partial charge in [-0.25, -0.2) is 4.98 Å². The number of amides is 2. The van der Waals surface area contributed by atoms with Crippen LogP contribution >= 0.6 is 0 Å². The quantitative estimate of drug-likeness (QED) is 0.608. The van der Waals surface area contributed by atoms with E-state index >= 15 is 0 Å². The Morgan fingerprint density at radius 1 is 1.47 bits per heavy atom. The molecule has 0 radical (unpaired) electrons. The van der Waals surface area contributed by atoms with Gasteiger partial charge in [0, 0.05) is 6.42 Å². The van der Waals surface area contributed by atoms with Crippen LogP contribution in [-0.4, -0.2) is 37.5 Å². The van der Waals surface area contributed by atoms with Gasteiger partial charge in [-0.2, -0.15) is 0 Å². The van der Waals surface area contributed by atoms with E-state index in [0.29, 0.717) is 12.1 Å². The van der Waals surface area contributed by atoms with E-state index < -0.39 is 5.91 Å². The summed E-state index contributed by atoms with van der Waals surface area (Å²) in [5.41, 5.74) is 5.76. The van der Waals surface area contributed by atoms with Crippen LogP contribution in [0.15, 0.2) is 12.3 Å². The minimum atomic E-state index is -0.657. The number of primary amides is 1. The zero-order chi connectivity index (χ0) is 14.3. The van der Waals surface area contributed by atoms with Crippen LogP contribution in [0.3, 0.4) is 0 Å². The van der Waals surface area contributed by atoms with Gasteiger partial charge in [0.2, 0.25) is 11.8 Å². The van der Waals surface area contributed by atoms with Gasteiger partial charge in [-0.15, -0.1) is 0 Å². The van der Waals surface area contributed by atoms with Crippen LogP contribution in [0.5, 0.6) is 5.88 Å². The van der Waals surface area contributed by atoms with E-state index in [1.165, 1.54) is 19.4 Å². The summed E-state index contributed by atoms with van der Waals surface area (Å²) >= 11 is 0. The van der Waals surface area contributed by atoms with Crippen molar-refractivity contribution in [1.29, 1.82) is 0 Å². The molecule has 0 unspecified atom stereocenters. The van der Waals surface area contributed by atoms with Crippen molar-refractivity contribution in [1.82, 2.24) is 10.3 Å². The molecule has 4 N–H and O–H groups in total. The highest BCUT2D eigenvalue weighted by Gasteiger charge is 2.12. The van der Waals surface area contributed by atoms with E-state index in [9.17, 15) is 9.59 Å². The molecule has 19 heavy (non-hydrogen) atoms. The molecular formula is C12H18N4O3. The second-order valence-corrected chi connectivity index (χ2v) is 3.90. The SMILES string of the molecule is CNCCCC(=O)Nc1cnc(OC)c(C(N)=O)c1. The Kier molecular flexibility index (Phi) is 5.74. The molecule has 1 aromatic heterocycles. The van der Waals surface area contributed by atoms with Crippen LogP contribution < -0.4 is 21.1 Å². The van der Waals surface area contributed by atoms with E-state index in [1.54, 1.807) is 0 Å². The number of aromatic nitrogens is 1. The van der Waals surface area contributed by atoms with Gasteiger partial charge in [-0.3, -0.25) is 9.59 Å². The van der Waals surface area contributed by atoms with Crippen LogP contribution in [0, 0.1) is 0 Å². The molecular weight excluding hydrogens is 248 g/mol. The molecule has 7 nitrogen and oxygen atoms in total. The first-order valence-electron chi connectivity index (χ1n) is 5.86. The van der Waals surface area contributed by atoms with Gasteiger partial charge >= 0.3 is 0 Å². The third-order valence-electron chi connectivity index (χ3n) is 2.42. The molecule has 1 rings (SSSR count). The molecule has 104 valence electrons. The van der Waals surface area contributed by atoms with Crippen molar-refractivity contribution in [2.24, 2.45) is 5.73 Å². The molecule has 0 aliphatic heterocycles. The molecule has 0 atom stereocenters. The lowest BCUT2D eigenvalue weighted by molar-refractivity contribution is -0.116. The number of anilines is 1. The number of carbonyl (C=O) groups is 2. The summed E-state index contributed by atoms with van der Waals surface area (Å²) in [7, 11) is 3.22. The Bertz CT molecular complexity index is 462. The van der Waals surface area contributed by atoms with Gasteiger partial charge < -0.3 is 21.1 Å². The molecule has 2 amide bonds. The smallest absolute Gasteiger partial charge is 0.254 e. The second-order valence-electron chi connectivity index (χ2n) is 3.90. The van der Waals surface area contributed by atoms with Gasteiger partial charge in [0.1, 0.15) is 5.56 Å². The normalized spacial score (nSPS) is 10.0. The number of nitrogens with two attached hydrogens (primary N) is 1. The summed E-state index contributed by atoms with van der Waals surface area (Å²) in [5, 5.41) is 5.61. The van der Waals surface area contributed by atoms with Crippen molar-refractivity contribution in [2.45, 2.75) is 12.8 Å². The number of ether oxygens (including phenoxy) is 1. The Morgan fingerprint density at radius 2 is 2.21 bits per heavy atom. The lowest BCUT2D eigenvalue weighted by Crippen LogP contribution is -2.17. The van der Waals surface area contributed by atoms with E-state index in [0.717, 1.165) is 13.0 Å². The van der Waals surface area contributed by atoms with Gasteiger partial charge in [-0.05, 0) is 26.1 Å². The largest absolute Gasteiger partial charge is 0.480 e. The molecule has 0 aliphatic rings. The lowest BCUT2D eigenvalue weighted by atomic mass is 10.2. The fraction of sp³-hybridized carbons (Fsp3) is 0.417. The number of nitrogens with one attached hydrogen (secondary N) is 2. The molecule has 1 heterocycles. The molecule has 0 aromatic carbocycles. The van der Waals surface area contributed by atoms with Crippen LogP contribution in [0.2, 0.25) is 0 Å². The number of hydrogen-bond acceptors (Lipinski definition) is 5. The Hall–Kier alpha value is -2.15. The highest BCUT2D eigenvalue weighted by molar-refractivity contribution is 5.97. The zero-order valence-corrected chi connectivity index (χ0v) is 11.0. The molecule has 1 aromatic rings. The summed E-state index contributed by atoms with van der Waals surface area (Å²) in [6.07, 6.45) is 2.54.